The van der Waals surface area contributed by atoms with Crippen molar-refractivity contribution in [1.29, 1.82) is 0 Å². The molecule has 2 heterocycles. The van der Waals surface area contributed by atoms with E-state index in [-0.39, 0.29) is 11.5 Å². The fraction of sp³-hybridized carbons (Fsp3) is 0.333. The normalized spacial score (nSPS) is 18.3. The molecule has 1 amide bonds. The molecule has 0 radical (unpaired) electrons. The summed E-state index contributed by atoms with van der Waals surface area (Å²) in [5.41, 5.74) is -0.0329. The Bertz CT molecular complexity index is 687. The number of hydrogen-bond donors (Lipinski definition) is 2. The average Bonchev–Trinajstić information content (AvgIpc) is 2.97. The van der Waals surface area contributed by atoms with Crippen molar-refractivity contribution in [3.8, 4) is 0 Å². The summed E-state index contributed by atoms with van der Waals surface area (Å²) in [5.74, 6) is 0.0721. The van der Waals surface area contributed by atoms with Crippen molar-refractivity contribution in [2.24, 2.45) is 5.92 Å². The summed E-state index contributed by atoms with van der Waals surface area (Å²) in [4.78, 5) is 23.9. The third-order valence-corrected chi connectivity index (χ3v) is 3.60. The van der Waals surface area contributed by atoms with Crippen molar-refractivity contribution < 1.29 is 9.21 Å². The van der Waals surface area contributed by atoms with E-state index in [2.05, 4.69) is 10.6 Å². The summed E-state index contributed by atoms with van der Waals surface area (Å²) in [6, 6.07) is 8.74. The number of fused-ring (bicyclic) bond motifs is 1. The Morgan fingerprint density at radius 2 is 2.25 bits per heavy atom. The van der Waals surface area contributed by atoms with Crippen LogP contribution in [0.1, 0.15) is 16.8 Å². The van der Waals surface area contributed by atoms with Gasteiger partial charge in [-0.3, -0.25) is 4.79 Å². The van der Waals surface area contributed by atoms with Gasteiger partial charge in [-0.25, -0.2) is 4.79 Å². The Balaban J connectivity index is 1.79. The van der Waals surface area contributed by atoms with Crippen LogP contribution in [0, 0.1) is 5.92 Å². The lowest BCUT2D eigenvalue weighted by atomic mass is 10.1. The first-order valence-corrected chi connectivity index (χ1v) is 6.76. The zero-order valence-corrected chi connectivity index (χ0v) is 11.0. The second-order valence-electron chi connectivity index (χ2n) is 5.05. The standard InChI is InChI=1S/C15H16N2O3/c18-14(17-9-10-5-6-16-8-10)12-7-11-3-1-2-4-13(11)20-15(12)19/h1-4,7,10,16H,5-6,8-9H2,(H,17,18). The van der Waals surface area contributed by atoms with E-state index in [9.17, 15) is 9.59 Å². The Morgan fingerprint density at radius 1 is 1.40 bits per heavy atom. The number of hydrogen-bond acceptors (Lipinski definition) is 4. The summed E-state index contributed by atoms with van der Waals surface area (Å²) < 4.78 is 5.16. The van der Waals surface area contributed by atoms with E-state index in [4.69, 9.17) is 4.42 Å². The van der Waals surface area contributed by atoms with Crippen LogP contribution in [0.5, 0.6) is 0 Å². The highest BCUT2D eigenvalue weighted by Crippen LogP contribution is 2.12. The maximum atomic E-state index is 12.1. The Kier molecular flexibility index (Phi) is 3.52. The molecule has 3 rings (SSSR count). The van der Waals surface area contributed by atoms with Crippen molar-refractivity contribution >= 4 is 16.9 Å². The molecule has 1 aromatic heterocycles. The lowest BCUT2D eigenvalue weighted by Gasteiger charge is -2.09. The van der Waals surface area contributed by atoms with Gasteiger partial charge in [0.2, 0.25) is 0 Å². The van der Waals surface area contributed by atoms with E-state index in [0.717, 1.165) is 24.9 Å². The van der Waals surface area contributed by atoms with Crippen molar-refractivity contribution in [3.63, 3.8) is 0 Å². The molecule has 1 aromatic carbocycles. The highest BCUT2D eigenvalue weighted by molar-refractivity contribution is 5.96. The number of rotatable bonds is 3. The molecule has 1 aliphatic heterocycles. The smallest absolute Gasteiger partial charge is 0.349 e. The van der Waals surface area contributed by atoms with Crippen LogP contribution < -0.4 is 16.3 Å². The average molecular weight is 272 g/mol. The highest BCUT2D eigenvalue weighted by atomic mass is 16.4. The molecular weight excluding hydrogens is 256 g/mol. The lowest BCUT2D eigenvalue weighted by molar-refractivity contribution is 0.0944. The molecule has 1 saturated heterocycles. The van der Waals surface area contributed by atoms with Crippen LogP contribution in [0.2, 0.25) is 0 Å². The second kappa shape index (κ2) is 5.46. The first kappa shape index (κ1) is 12.9. The number of carbonyl (C=O) groups is 1. The number of para-hydroxylation sites is 1. The SMILES string of the molecule is O=C(NCC1CCNC1)c1cc2ccccc2oc1=O. The van der Waals surface area contributed by atoms with Gasteiger partial charge in [0.1, 0.15) is 11.1 Å². The van der Waals surface area contributed by atoms with Crippen LogP contribution in [0.25, 0.3) is 11.0 Å². The largest absolute Gasteiger partial charge is 0.422 e. The van der Waals surface area contributed by atoms with Crippen LogP contribution in [-0.2, 0) is 0 Å². The zero-order chi connectivity index (χ0) is 13.9. The van der Waals surface area contributed by atoms with Gasteiger partial charge < -0.3 is 15.1 Å². The van der Waals surface area contributed by atoms with Gasteiger partial charge in [0.05, 0.1) is 0 Å². The lowest BCUT2D eigenvalue weighted by Crippen LogP contribution is -2.33. The molecule has 20 heavy (non-hydrogen) atoms. The zero-order valence-electron chi connectivity index (χ0n) is 11.0. The van der Waals surface area contributed by atoms with Gasteiger partial charge in [0, 0.05) is 11.9 Å². The van der Waals surface area contributed by atoms with E-state index >= 15 is 0 Å². The van der Waals surface area contributed by atoms with Crippen molar-refractivity contribution in [2.45, 2.75) is 6.42 Å². The Hall–Kier alpha value is -2.14. The van der Waals surface area contributed by atoms with E-state index in [1.54, 1.807) is 18.2 Å². The Morgan fingerprint density at radius 3 is 3.05 bits per heavy atom. The molecule has 0 aliphatic carbocycles. The molecule has 1 unspecified atom stereocenters. The van der Waals surface area contributed by atoms with E-state index in [1.807, 2.05) is 12.1 Å². The van der Waals surface area contributed by atoms with Crippen LogP contribution in [0.4, 0.5) is 0 Å². The van der Waals surface area contributed by atoms with E-state index in [0.29, 0.717) is 18.0 Å². The monoisotopic (exact) mass is 272 g/mol. The molecule has 5 heteroatoms. The number of carbonyl (C=O) groups excluding carboxylic acids is 1. The minimum atomic E-state index is -0.592. The van der Waals surface area contributed by atoms with Gasteiger partial charge >= 0.3 is 5.63 Å². The van der Waals surface area contributed by atoms with Crippen LogP contribution in [0.3, 0.4) is 0 Å². The van der Waals surface area contributed by atoms with Crippen LogP contribution in [-0.4, -0.2) is 25.5 Å². The third kappa shape index (κ3) is 2.58. The van der Waals surface area contributed by atoms with Gasteiger partial charge in [-0.05, 0) is 37.6 Å². The molecule has 0 spiro atoms. The fourth-order valence-corrected chi connectivity index (χ4v) is 2.44. The minimum Gasteiger partial charge on any atom is -0.422 e. The molecule has 1 atom stereocenters. The maximum Gasteiger partial charge on any atom is 0.349 e. The summed E-state index contributed by atoms with van der Waals surface area (Å²) in [6.45, 7) is 2.48. The Labute approximate surface area is 116 Å². The second-order valence-corrected chi connectivity index (χ2v) is 5.05. The molecule has 1 fully saturated rings. The van der Waals surface area contributed by atoms with Crippen LogP contribution in [0.15, 0.2) is 39.5 Å². The van der Waals surface area contributed by atoms with E-state index < -0.39 is 5.63 Å². The molecular formula is C15H16N2O3. The summed E-state index contributed by atoms with van der Waals surface area (Å²) in [6.07, 6.45) is 1.05. The van der Waals surface area contributed by atoms with Crippen molar-refractivity contribution in [1.82, 2.24) is 10.6 Å². The molecule has 0 bridgehead atoms. The molecule has 0 saturated carbocycles. The predicted octanol–water partition coefficient (Wildman–Crippen LogP) is 1.13. The molecule has 2 aromatic rings. The molecule has 104 valence electrons. The third-order valence-electron chi connectivity index (χ3n) is 3.60. The number of benzene rings is 1. The van der Waals surface area contributed by atoms with Gasteiger partial charge in [-0.2, -0.15) is 0 Å². The van der Waals surface area contributed by atoms with Crippen molar-refractivity contribution in [3.05, 3.63) is 46.3 Å². The highest BCUT2D eigenvalue weighted by Gasteiger charge is 2.18. The van der Waals surface area contributed by atoms with E-state index in [1.165, 1.54) is 0 Å². The quantitative estimate of drug-likeness (QED) is 0.822. The summed E-state index contributed by atoms with van der Waals surface area (Å²) in [7, 11) is 0. The maximum absolute atomic E-state index is 12.1. The first-order valence-electron chi connectivity index (χ1n) is 6.76. The summed E-state index contributed by atoms with van der Waals surface area (Å²) >= 11 is 0. The predicted molar refractivity (Wildman–Crippen MR) is 75.8 cm³/mol. The molecule has 5 nitrogen and oxygen atoms in total. The first-order chi connectivity index (χ1) is 9.74. The number of nitrogens with one attached hydrogen (secondary N) is 2. The van der Waals surface area contributed by atoms with Gasteiger partial charge in [-0.15, -0.1) is 0 Å². The van der Waals surface area contributed by atoms with Gasteiger partial charge in [0.15, 0.2) is 0 Å². The summed E-state index contributed by atoms with van der Waals surface area (Å²) in [5, 5.41) is 6.80. The molecule has 2 N–H and O–H groups in total. The molecule has 1 aliphatic rings. The number of amides is 1. The topological polar surface area (TPSA) is 71.3 Å². The van der Waals surface area contributed by atoms with Gasteiger partial charge in [-0.1, -0.05) is 18.2 Å². The van der Waals surface area contributed by atoms with Gasteiger partial charge in [0.25, 0.3) is 5.91 Å². The fourth-order valence-electron chi connectivity index (χ4n) is 2.44. The van der Waals surface area contributed by atoms with Crippen molar-refractivity contribution in [2.75, 3.05) is 19.6 Å². The van der Waals surface area contributed by atoms with Crippen LogP contribution >= 0.6 is 0 Å². The minimum absolute atomic E-state index is 0.0645.